The third-order valence-corrected chi connectivity index (χ3v) is 2.77. The summed E-state index contributed by atoms with van der Waals surface area (Å²) in [5.41, 5.74) is -0.835. The third kappa shape index (κ3) is 2.71. The van der Waals surface area contributed by atoms with Crippen LogP contribution < -0.4 is 5.46 Å². The molecule has 0 aliphatic heterocycles. The van der Waals surface area contributed by atoms with E-state index in [1.165, 1.54) is 13.7 Å². The predicted molar refractivity (Wildman–Crippen MR) is 60.8 cm³/mol. The van der Waals surface area contributed by atoms with Crippen molar-refractivity contribution in [3.8, 4) is 0 Å². The topological polar surface area (TPSA) is 75.2 Å². The Kier molecular flexibility index (Phi) is 3.55. The lowest BCUT2D eigenvalue weighted by Crippen LogP contribution is -2.49. The molecule has 5 nitrogen and oxygen atoms in total. The largest absolute Gasteiger partial charge is 0.426 e. The van der Waals surface area contributed by atoms with Crippen LogP contribution in [0.15, 0.2) is 6.20 Å². The molecule has 16 heavy (non-hydrogen) atoms. The van der Waals surface area contributed by atoms with Crippen LogP contribution in [0.3, 0.4) is 0 Å². The smallest absolute Gasteiger partial charge is 0.334 e. The normalized spacial score (nSPS) is 12.6. The molecule has 1 aromatic heterocycles. The highest BCUT2D eigenvalue weighted by Gasteiger charge is 2.35. The van der Waals surface area contributed by atoms with E-state index in [4.69, 9.17) is 4.65 Å². The van der Waals surface area contributed by atoms with E-state index in [1.807, 2.05) is 0 Å². The maximum Gasteiger partial charge on any atom is 0.334 e. The molecule has 0 spiro atoms. The number of hydrogen-bond donors (Lipinski definition) is 2. The number of aromatic nitrogens is 2. The molecule has 1 rings (SSSR count). The van der Waals surface area contributed by atoms with E-state index in [9.17, 15) is 9.90 Å². The van der Waals surface area contributed by atoms with Crippen LogP contribution in [0.25, 0.3) is 0 Å². The number of nitrogens with one attached hydrogen (secondary N) is 1. The second-order valence-corrected chi connectivity index (χ2v) is 4.66. The lowest BCUT2D eigenvalue weighted by atomic mass is 9.83. The zero-order chi connectivity index (χ0) is 12.4. The lowest BCUT2D eigenvalue weighted by Gasteiger charge is -2.37. The second kappa shape index (κ2) is 4.39. The summed E-state index contributed by atoms with van der Waals surface area (Å²) >= 11 is 0. The van der Waals surface area contributed by atoms with E-state index in [0.29, 0.717) is 17.4 Å². The van der Waals surface area contributed by atoms with E-state index in [1.54, 1.807) is 27.7 Å². The summed E-state index contributed by atoms with van der Waals surface area (Å²) in [6, 6.07) is 0. The minimum Gasteiger partial charge on any atom is -0.426 e. The molecule has 0 amide bonds. The van der Waals surface area contributed by atoms with Crippen LogP contribution in [0, 0.1) is 0 Å². The number of H-pyrrole nitrogens is 1. The Morgan fingerprint density at radius 3 is 2.62 bits per heavy atom. The monoisotopic (exact) mass is 223 g/mol. The molecule has 0 fully saturated rings. The third-order valence-electron chi connectivity index (χ3n) is 2.77. The molecule has 0 saturated carbocycles. The number of aromatic amines is 1. The summed E-state index contributed by atoms with van der Waals surface area (Å²) < 4.78 is 5.49. The van der Waals surface area contributed by atoms with Crippen molar-refractivity contribution in [2.75, 3.05) is 0 Å². The molecule has 0 aliphatic rings. The van der Waals surface area contributed by atoms with Crippen LogP contribution in [0.5, 0.6) is 0 Å². The van der Waals surface area contributed by atoms with Crippen molar-refractivity contribution in [2.45, 2.75) is 38.9 Å². The van der Waals surface area contributed by atoms with Crippen molar-refractivity contribution in [2.24, 2.45) is 0 Å². The molecule has 6 heteroatoms. The molecule has 0 unspecified atom stereocenters. The minimum atomic E-state index is -0.991. The summed E-state index contributed by atoms with van der Waals surface area (Å²) in [6.07, 6.45) is 2.16. The number of carbonyl (C=O) groups is 1. The molecule has 1 aromatic rings. The van der Waals surface area contributed by atoms with Gasteiger partial charge in [-0.05, 0) is 33.2 Å². The molecule has 0 bridgehead atoms. The average Bonchev–Trinajstić information content (AvgIpc) is 2.60. The highest BCUT2D eigenvalue weighted by atomic mass is 16.5. The molecular formula is C10H16BN2O3. The number of nitrogens with zero attached hydrogens (tertiary/aromatic N) is 1. The van der Waals surface area contributed by atoms with Crippen LogP contribution in [0.1, 0.15) is 38.2 Å². The van der Waals surface area contributed by atoms with Gasteiger partial charge in [0, 0.05) is 6.20 Å². The maximum atomic E-state index is 10.6. The highest BCUT2D eigenvalue weighted by Crippen LogP contribution is 2.24. The molecule has 87 valence electrons. The van der Waals surface area contributed by atoms with Gasteiger partial charge in [-0.25, -0.2) is 0 Å². The first-order chi connectivity index (χ1) is 7.28. The summed E-state index contributed by atoms with van der Waals surface area (Å²) in [6.45, 7) is 6.86. The van der Waals surface area contributed by atoms with Gasteiger partial charge in [-0.3, -0.25) is 9.89 Å². The van der Waals surface area contributed by atoms with Gasteiger partial charge in [0.05, 0.1) is 16.9 Å². The summed E-state index contributed by atoms with van der Waals surface area (Å²) in [4.78, 5) is 10.6. The standard InChI is InChI=1S/C10H16BN2O3/c1-9(2,15)10(3,4)16-11-7-5-12-13-8(7)6-14/h5-6,15H,1-4H3,(H,12,13). The Morgan fingerprint density at radius 1 is 1.50 bits per heavy atom. The number of carbonyl (C=O) groups excluding carboxylic acids is 1. The summed E-state index contributed by atoms with van der Waals surface area (Å²) in [7, 11) is 1.42. The molecule has 0 atom stereocenters. The van der Waals surface area contributed by atoms with Crippen LogP contribution in [0.2, 0.25) is 0 Å². The Morgan fingerprint density at radius 2 is 2.12 bits per heavy atom. The SMILES string of the molecule is CC(C)(O)C(C)(C)O[B]c1cn[nH]c1C=O. The summed E-state index contributed by atoms with van der Waals surface area (Å²) in [5.74, 6) is 0. The van der Waals surface area contributed by atoms with Gasteiger partial charge in [-0.2, -0.15) is 5.10 Å². The van der Waals surface area contributed by atoms with Gasteiger partial charge >= 0.3 is 7.48 Å². The van der Waals surface area contributed by atoms with Crippen molar-refractivity contribution in [1.29, 1.82) is 0 Å². The number of aliphatic hydroxyl groups is 1. The van der Waals surface area contributed by atoms with Crippen molar-refractivity contribution in [1.82, 2.24) is 10.2 Å². The Hall–Kier alpha value is -1.14. The fourth-order valence-electron chi connectivity index (χ4n) is 0.849. The van der Waals surface area contributed by atoms with Crippen molar-refractivity contribution in [3.05, 3.63) is 11.9 Å². The molecule has 0 saturated heterocycles. The van der Waals surface area contributed by atoms with Crippen LogP contribution in [-0.4, -0.2) is 40.3 Å². The number of rotatable bonds is 5. The van der Waals surface area contributed by atoms with Gasteiger partial charge in [-0.15, -0.1) is 0 Å². The fraction of sp³-hybridized carbons (Fsp3) is 0.600. The molecule has 0 aliphatic carbocycles. The van der Waals surface area contributed by atoms with Gasteiger partial charge in [0.2, 0.25) is 0 Å². The van der Waals surface area contributed by atoms with E-state index in [0.717, 1.165) is 0 Å². The second-order valence-electron chi connectivity index (χ2n) is 4.66. The van der Waals surface area contributed by atoms with E-state index < -0.39 is 11.2 Å². The summed E-state index contributed by atoms with van der Waals surface area (Å²) in [5, 5.41) is 16.1. The van der Waals surface area contributed by atoms with Gasteiger partial charge in [0.1, 0.15) is 0 Å². The quantitative estimate of drug-likeness (QED) is 0.545. The average molecular weight is 223 g/mol. The Bertz CT molecular complexity index is 368. The first kappa shape index (κ1) is 12.9. The van der Waals surface area contributed by atoms with Gasteiger partial charge in [-0.1, -0.05) is 0 Å². The van der Waals surface area contributed by atoms with Gasteiger partial charge in [0.25, 0.3) is 0 Å². The molecule has 2 N–H and O–H groups in total. The molecule has 1 radical (unpaired) electrons. The maximum absolute atomic E-state index is 10.6. The zero-order valence-corrected chi connectivity index (χ0v) is 9.94. The van der Waals surface area contributed by atoms with Crippen LogP contribution in [-0.2, 0) is 4.65 Å². The van der Waals surface area contributed by atoms with Gasteiger partial charge in [0.15, 0.2) is 6.29 Å². The first-order valence-corrected chi connectivity index (χ1v) is 5.00. The van der Waals surface area contributed by atoms with Gasteiger partial charge < -0.3 is 9.76 Å². The molecule has 0 aromatic carbocycles. The Labute approximate surface area is 95.5 Å². The number of hydrogen-bond acceptors (Lipinski definition) is 4. The van der Waals surface area contributed by atoms with Crippen LogP contribution >= 0.6 is 0 Å². The predicted octanol–water partition coefficient (Wildman–Crippen LogP) is 0.0328. The number of aldehydes is 1. The van der Waals surface area contributed by atoms with Crippen LogP contribution in [0.4, 0.5) is 0 Å². The molecular weight excluding hydrogens is 207 g/mol. The van der Waals surface area contributed by atoms with Crippen molar-refractivity contribution in [3.63, 3.8) is 0 Å². The molecule has 1 heterocycles. The minimum absolute atomic E-state index is 0.353. The van der Waals surface area contributed by atoms with Crippen molar-refractivity contribution >= 4 is 19.2 Å². The van der Waals surface area contributed by atoms with E-state index in [-0.39, 0.29) is 0 Å². The fourth-order valence-corrected chi connectivity index (χ4v) is 0.849. The first-order valence-electron chi connectivity index (χ1n) is 5.00. The van der Waals surface area contributed by atoms with Crippen molar-refractivity contribution < 1.29 is 14.6 Å². The van der Waals surface area contributed by atoms with E-state index >= 15 is 0 Å². The Balaban J connectivity index is 2.68. The zero-order valence-electron chi connectivity index (χ0n) is 9.94. The lowest BCUT2D eigenvalue weighted by molar-refractivity contribution is -0.0893. The highest BCUT2D eigenvalue weighted by molar-refractivity contribution is 6.48. The van der Waals surface area contributed by atoms with E-state index in [2.05, 4.69) is 10.2 Å².